The lowest BCUT2D eigenvalue weighted by atomic mass is 9.98. The molecular weight excluding hydrogens is 326 g/mol. The SMILES string of the molecule is CC(C)(C)N1CCC(NC(=O)Nc2cnn(Cc3ccccc3)c2)CC1. The molecule has 2 heterocycles. The van der Waals surface area contributed by atoms with Crippen molar-refractivity contribution >= 4 is 11.7 Å². The number of hydrogen-bond acceptors (Lipinski definition) is 3. The molecule has 0 spiro atoms. The van der Waals surface area contributed by atoms with E-state index >= 15 is 0 Å². The molecule has 6 nitrogen and oxygen atoms in total. The zero-order chi connectivity index (χ0) is 18.6. The number of rotatable bonds is 4. The number of hydrogen-bond donors (Lipinski definition) is 2. The normalized spacial score (nSPS) is 16.4. The summed E-state index contributed by atoms with van der Waals surface area (Å²) in [5, 5.41) is 10.3. The Morgan fingerprint density at radius 3 is 2.54 bits per heavy atom. The topological polar surface area (TPSA) is 62.2 Å². The van der Waals surface area contributed by atoms with Crippen molar-refractivity contribution in [1.29, 1.82) is 0 Å². The summed E-state index contributed by atoms with van der Waals surface area (Å²) in [5.41, 5.74) is 2.09. The Labute approximate surface area is 155 Å². The van der Waals surface area contributed by atoms with Gasteiger partial charge in [-0.1, -0.05) is 30.3 Å². The minimum absolute atomic E-state index is 0.154. The maximum atomic E-state index is 12.3. The first-order valence-electron chi connectivity index (χ1n) is 9.29. The van der Waals surface area contributed by atoms with Crippen LogP contribution in [0.3, 0.4) is 0 Å². The van der Waals surface area contributed by atoms with Crippen molar-refractivity contribution in [2.45, 2.75) is 51.7 Å². The van der Waals surface area contributed by atoms with E-state index in [0.717, 1.165) is 25.9 Å². The van der Waals surface area contributed by atoms with Gasteiger partial charge in [0.1, 0.15) is 0 Å². The minimum atomic E-state index is -0.154. The van der Waals surface area contributed by atoms with Crippen molar-refractivity contribution in [3.8, 4) is 0 Å². The van der Waals surface area contributed by atoms with Crippen LogP contribution in [0.1, 0.15) is 39.2 Å². The lowest BCUT2D eigenvalue weighted by Crippen LogP contribution is -2.51. The first-order valence-corrected chi connectivity index (χ1v) is 9.29. The molecule has 2 aromatic rings. The van der Waals surface area contributed by atoms with E-state index in [0.29, 0.717) is 12.2 Å². The molecule has 0 radical (unpaired) electrons. The summed E-state index contributed by atoms with van der Waals surface area (Å²) < 4.78 is 1.83. The van der Waals surface area contributed by atoms with Crippen LogP contribution in [0.4, 0.5) is 10.5 Å². The van der Waals surface area contributed by atoms with Crippen molar-refractivity contribution < 1.29 is 4.79 Å². The van der Waals surface area contributed by atoms with E-state index in [1.807, 2.05) is 29.1 Å². The number of amides is 2. The second-order valence-electron chi connectivity index (χ2n) is 7.94. The number of anilines is 1. The zero-order valence-corrected chi connectivity index (χ0v) is 15.9. The van der Waals surface area contributed by atoms with Gasteiger partial charge in [0, 0.05) is 30.9 Å². The van der Waals surface area contributed by atoms with E-state index in [9.17, 15) is 4.79 Å². The van der Waals surface area contributed by atoms with Crippen molar-refractivity contribution in [2.24, 2.45) is 0 Å². The van der Waals surface area contributed by atoms with Crippen molar-refractivity contribution in [1.82, 2.24) is 20.0 Å². The fraction of sp³-hybridized carbons (Fsp3) is 0.500. The van der Waals surface area contributed by atoms with E-state index in [1.54, 1.807) is 6.20 Å². The predicted molar refractivity (Wildman–Crippen MR) is 104 cm³/mol. The maximum Gasteiger partial charge on any atom is 0.319 e. The van der Waals surface area contributed by atoms with Crippen LogP contribution < -0.4 is 10.6 Å². The smallest absolute Gasteiger partial charge is 0.319 e. The molecule has 0 aliphatic carbocycles. The van der Waals surface area contributed by atoms with Crippen molar-refractivity contribution in [2.75, 3.05) is 18.4 Å². The molecule has 0 saturated carbocycles. The van der Waals surface area contributed by atoms with Crippen LogP contribution in [0.15, 0.2) is 42.7 Å². The summed E-state index contributed by atoms with van der Waals surface area (Å²) in [7, 11) is 0. The number of piperidine rings is 1. The third kappa shape index (κ3) is 5.08. The van der Waals surface area contributed by atoms with Gasteiger partial charge in [-0.25, -0.2) is 4.79 Å². The van der Waals surface area contributed by atoms with Crippen LogP contribution in [0.25, 0.3) is 0 Å². The molecule has 6 heteroatoms. The average Bonchev–Trinajstić information content (AvgIpc) is 3.02. The van der Waals surface area contributed by atoms with Crippen LogP contribution in [0, 0.1) is 0 Å². The third-order valence-electron chi connectivity index (χ3n) is 4.86. The van der Waals surface area contributed by atoms with Gasteiger partial charge in [-0.2, -0.15) is 5.10 Å². The first kappa shape index (κ1) is 18.5. The number of nitrogens with one attached hydrogen (secondary N) is 2. The summed E-state index contributed by atoms with van der Waals surface area (Å²) >= 11 is 0. The van der Waals surface area contributed by atoms with Gasteiger partial charge in [0.15, 0.2) is 0 Å². The molecule has 26 heavy (non-hydrogen) atoms. The van der Waals surface area contributed by atoms with E-state index < -0.39 is 0 Å². The molecule has 1 fully saturated rings. The largest absolute Gasteiger partial charge is 0.335 e. The van der Waals surface area contributed by atoms with Gasteiger partial charge in [0.2, 0.25) is 0 Å². The van der Waals surface area contributed by atoms with Gasteiger partial charge in [-0.3, -0.25) is 9.58 Å². The molecule has 1 aliphatic heterocycles. The third-order valence-corrected chi connectivity index (χ3v) is 4.86. The Morgan fingerprint density at radius 2 is 1.88 bits per heavy atom. The number of carbonyl (C=O) groups is 1. The lowest BCUT2D eigenvalue weighted by molar-refractivity contribution is 0.0983. The molecule has 0 unspecified atom stereocenters. The number of carbonyl (C=O) groups excluding carboxylic acids is 1. The van der Waals surface area contributed by atoms with Gasteiger partial charge in [-0.15, -0.1) is 0 Å². The van der Waals surface area contributed by atoms with Crippen LogP contribution in [-0.2, 0) is 6.54 Å². The number of benzene rings is 1. The van der Waals surface area contributed by atoms with Crippen LogP contribution in [-0.4, -0.2) is 45.4 Å². The zero-order valence-electron chi connectivity index (χ0n) is 15.9. The fourth-order valence-corrected chi connectivity index (χ4v) is 3.33. The molecule has 1 aliphatic rings. The molecule has 1 aromatic carbocycles. The lowest BCUT2D eigenvalue weighted by Gasteiger charge is -2.40. The van der Waals surface area contributed by atoms with E-state index in [4.69, 9.17) is 0 Å². The number of aromatic nitrogens is 2. The second kappa shape index (κ2) is 7.91. The second-order valence-corrected chi connectivity index (χ2v) is 7.94. The quantitative estimate of drug-likeness (QED) is 0.884. The molecule has 1 aromatic heterocycles. The summed E-state index contributed by atoms with van der Waals surface area (Å²) in [6, 6.07) is 10.2. The Hall–Kier alpha value is -2.34. The summed E-state index contributed by atoms with van der Waals surface area (Å²) in [6.45, 7) is 9.43. The van der Waals surface area contributed by atoms with Crippen LogP contribution >= 0.6 is 0 Å². The van der Waals surface area contributed by atoms with Gasteiger partial charge in [0.25, 0.3) is 0 Å². The summed E-state index contributed by atoms with van der Waals surface area (Å²) in [6.07, 6.45) is 5.51. The van der Waals surface area contributed by atoms with Gasteiger partial charge in [0.05, 0.1) is 18.4 Å². The van der Waals surface area contributed by atoms with Crippen LogP contribution in [0.5, 0.6) is 0 Å². The minimum Gasteiger partial charge on any atom is -0.335 e. The highest BCUT2D eigenvalue weighted by Crippen LogP contribution is 2.20. The molecule has 2 amide bonds. The van der Waals surface area contributed by atoms with E-state index in [2.05, 4.69) is 53.5 Å². The van der Waals surface area contributed by atoms with Gasteiger partial charge >= 0.3 is 6.03 Å². The summed E-state index contributed by atoms with van der Waals surface area (Å²) in [5.74, 6) is 0. The number of urea groups is 1. The Balaban J connectivity index is 1.46. The average molecular weight is 355 g/mol. The molecular formula is C20H29N5O. The Bertz CT molecular complexity index is 711. The van der Waals surface area contributed by atoms with Crippen LogP contribution in [0.2, 0.25) is 0 Å². The standard InChI is InChI=1S/C20H29N5O/c1-20(2,3)24-11-9-17(10-12-24)22-19(26)23-18-13-21-25(15-18)14-16-7-5-4-6-8-16/h4-8,13,15,17H,9-12,14H2,1-3H3,(H2,22,23,26). The predicted octanol–water partition coefficient (Wildman–Crippen LogP) is 3.32. The maximum absolute atomic E-state index is 12.3. The molecule has 3 rings (SSSR count). The van der Waals surface area contributed by atoms with Crippen molar-refractivity contribution in [3.05, 3.63) is 48.3 Å². The molecule has 0 bridgehead atoms. The van der Waals surface area contributed by atoms with Gasteiger partial charge < -0.3 is 10.6 Å². The highest BCUT2D eigenvalue weighted by atomic mass is 16.2. The number of nitrogens with zero attached hydrogens (tertiary/aromatic N) is 3. The van der Waals surface area contributed by atoms with Crippen molar-refractivity contribution in [3.63, 3.8) is 0 Å². The number of likely N-dealkylation sites (tertiary alicyclic amines) is 1. The highest BCUT2D eigenvalue weighted by molar-refractivity contribution is 5.89. The monoisotopic (exact) mass is 355 g/mol. The summed E-state index contributed by atoms with van der Waals surface area (Å²) in [4.78, 5) is 14.7. The Morgan fingerprint density at radius 1 is 1.19 bits per heavy atom. The molecule has 0 atom stereocenters. The fourth-order valence-electron chi connectivity index (χ4n) is 3.33. The molecule has 140 valence electrons. The first-order chi connectivity index (χ1) is 12.4. The Kier molecular flexibility index (Phi) is 5.61. The molecule has 2 N–H and O–H groups in total. The molecule has 1 saturated heterocycles. The van der Waals surface area contributed by atoms with E-state index in [1.165, 1.54) is 5.56 Å². The van der Waals surface area contributed by atoms with Gasteiger partial charge in [-0.05, 0) is 39.2 Å². The van der Waals surface area contributed by atoms with E-state index in [-0.39, 0.29) is 17.6 Å². The highest BCUT2D eigenvalue weighted by Gasteiger charge is 2.27.